The Labute approximate surface area is 145 Å². The molecule has 130 valence electrons. The van der Waals surface area contributed by atoms with E-state index >= 15 is 0 Å². The molecule has 3 aromatic rings. The van der Waals surface area contributed by atoms with Crippen molar-refractivity contribution in [3.8, 4) is 0 Å². The summed E-state index contributed by atoms with van der Waals surface area (Å²) in [7, 11) is 0. The second kappa shape index (κ2) is 6.29. The smallest absolute Gasteiger partial charge is 0.399 e. The minimum atomic E-state index is -4.60. The number of nitrogens with one attached hydrogen (secondary N) is 1. The van der Waals surface area contributed by atoms with Crippen LogP contribution < -0.4 is 11.1 Å². The first-order chi connectivity index (χ1) is 11.7. The molecule has 2 aromatic carbocycles. The Bertz CT molecular complexity index is 952. The molecule has 0 atom stereocenters. The van der Waals surface area contributed by atoms with E-state index < -0.39 is 22.7 Å². The van der Waals surface area contributed by atoms with Crippen molar-refractivity contribution in [2.75, 3.05) is 11.1 Å². The van der Waals surface area contributed by atoms with E-state index in [0.29, 0.717) is 11.2 Å². The Kier molecular flexibility index (Phi) is 4.30. The quantitative estimate of drug-likeness (QED) is 0.688. The third-order valence-electron chi connectivity index (χ3n) is 3.52. The van der Waals surface area contributed by atoms with E-state index in [1.807, 2.05) is 0 Å². The summed E-state index contributed by atoms with van der Waals surface area (Å²) in [5.41, 5.74) is 5.88. The number of aromatic nitrogens is 2. The van der Waals surface area contributed by atoms with Gasteiger partial charge in [0.1, 0.15) is 6.54 Å². The van der Waals surface area contributed by atoms with Crippen LogP contribution in [0, 0.1) is 0 Å². The number of nitrogens with zero attached hydrogens (tertiary/aromatic N) is 2. The van der Waals surface area contributed by atoms with Crippen LogP contribution in [-0.2, 0) is 17.5 Å². The summed E-state index contributed by atoms with van der Waals surface area (Å²) >= 11 is 5.55. The summed E-state index contributed by atoms with van der Waals surface area (Å²) in [5, 5.41) is 6.87. The zero-order valence-corrected chi connectivity index (χ0v) is 13.4. The van der Waals surface area contributed by atoms with Crippen LogP contribution in [0.15, 0.2) is 42.6 Å². The van der Waals surface area contributed by atoms with Crippen molar-refractivity contribution in [1.29, 1.82) is 0 Å². The first-order valence-corrected chi connectivity index (χ1v) is 7.49. The monoisotopic (exact) mass is 368 g/mol. The first kappa shape index (κ1) is 17.1. The number of amides is 1. The summed E-state index contributed by atoms with van der Waals surface area (Å²) in [6, 6.07) is 8.32. The van der Waals surface area contributed by atoms with Crippen LogP contribution in [0.3, 0.4) is 0 Å². The molecule has 0 spiro atoms. The zero-order chi connectivity index (χ0) is 18.2. The molecule has 3 rings (SSSR count). The van der Waals surface area contributed by atoms with Gasteiger partial charge < -0.3 is 11.1 Å². The summed E-state index contributed by atoms with van der Waals surface area (Å²) in [5.74, 6) is -0.525. The molecule has 0 aliphatic heterocycles. The fourth-order valence-electron chi connectivity index (χ4n) is 2.37. The van der Waals surface area contributed by atoms with Crippen LogP contribution in [-0.4, -0.2) is 15.7 Å². The Morgan fingerprint density at radius 1 is 1.24 bits per heavy atom. The molecule has 0 radical (unpaired) electrons. The number of halogens is 4. The summed E-state index contributed by atoms with van der Waals surface area (Å²) in [4.78, 5) is 12.1. The zero-order valence-electron chi connectivity index (χ0n) is 12.6. The van der Waals surface area contributed by atoms with Gasteiger partial charge in [0.25, 0.3) is 0 Å². The standard InChI is InChI=1S/C16H12ClF3N4O/c17-13-4-3-11(6-12(13)16(18,19)20)23-15(25)8-24-14-5-10(21)2-1-9(14)7-22-24/h1-7H,8,21H2,(H,23,25). The van der Waals surface area contributed by atoms with Crippen LogP contribution in [0.25, 0.3) is 10.9 Å². The lowest BCUT2D eigenvalue weighted by atomic mass is 10.2. The highest BCUT2D eigenvalue weighted by molar-refractivity contribution is 6.31. The second-order valence-electron chi connectivity index (χ2n) is 5.36. The van der Waals surface area contributed by atoms with Gasteiger partial charge in [-0.15, -0.1) is 0 Å². The van der Waals surface area contributed by atoms with E-state index in [-0.39, 0.29) is 12.2 Å². The van der Waals surface area contributed by atoms with Crippen LogP contribution in [0.1, 0.15) is 5.56 Å². The number of nitrogens with two attached hydrogens (primary N) is 1. The van der Waals surface area contributed by atoms with Crippen LogP contribution in [0.5, 0.6) is 0 Å². The Morgan fingerprint density at radius 2 is 2.00 bits per heavy atom. The van der Waals surface area contributed by atoms with Crippen molar-refractivity contribution < 1.29 is 18.0 Å². The normalized spacial score (nSPS) is 11.7. The van der Waals surface area contributed by atoms with E-state index in [1.165, 1.54) is 10.7 Å². The third kappa shape index (κ3) is 3.69. The van der Waals surface area contributed by atoms with E-state index in [4.69, 9.17) is 17.3 Å². The van der Waals surface area contributed by atoms with Gasteiger partial charge in [-0.2, -0.15) is 18.3 Å². The van der Waals surface area contributed by atoms with Gasteiger partial charge in [-0.3, -0.25) is 9.48 Å². The van der Waals surface area contributed by atoms with Gasteiger partial charge in [0.15, 0.2) is 0 Å². The third-order valence-corrected chi connectivity index (χ3v) is 3.85. The number of rotatable bonds is 3. The average Bonchev–Trinajstić information content (AvgIpc) is 2.90. The van der Waals surface area contributed by atoms with Crippen LogP contribution in [0.4, 0.5) is 24.5 Å². The van der Waals surface area contributed by atoms with Crippen molar-refractivity contribution in [3.63, 3.8) is 0 Å². The molecule has 0 fully saturated rings. The van der Waals surface area contributed by atoms with Crippen molar-refractivity contribution >= 4 is 39.8 Å². The minimum absolute atomic E-state index is 0.00213. The molecule has 9 heteroatoms. The van der Waals surface area contributed by atoms with Gasteiger partial charge in [-0.05, 0) is 36.4 Å². The van der Waals surface area contributed by atoms with Gasteiger partial charge in [-0.25, -0.2) is 0 Å². The fourth-order valence-corrected chi connectivity index (χ4v) is 2.59. The van der Waals surface area contributed by atoms with Crippen molar-refractivity contribution in [1.82, 2.24) is 9.78 Å². The Morgan fingerprint density at radius 3 is 2.72 bits per heavy atom. The molecule has 25 heavy (non-hydrogen) atoms. The maximum Gasteiger partial charge on any atom is 0.417 e. The second-order valence-corrected chi connectivity index (χ2v) is 5.77. The molecule has 0 aliphatic rings. The average molecular weight is 369 g/mol. The highest BCUT2D eigenvalue weighted by Crippen LogP contribution is 2.36. The SMILES string of the molecule is Nc1ccc2cnn(CC(=O)Nc3ccc(Cl)c(C(F)(F)F)c3)c2c1. The number of carbonyl (C=O) groups excluding carboxylic acids is 1. The van der Waals surface area contributed by atoms with Gasteiger partial charge in [0.05, 0.1) is 22.3 Å². The van der Waals surface area contributed by atoms with Gasteiger partial charge in [0.2, 0.25) is 5.91 Å². The van der Waals surface area contributed by atoms with E-state index in [9.17, 15) is 18.0 Å². The maximum absolute atomic E-state index is 12.9. The predicted molar refractivity (Wildman–Crippen MR) is 89.2 cm³/mol. The molecule has 0 saturated carbocycles. The summed E-state index contributed by atoms with van der Waals surface area (Å²) in [6.07, 6.45) is -3.03. The van der Waals surface area contributed by atoms with E-state index in [2.05, 4.69) is 10.4 Å². The fraction of sp³-hybridized carbons (Fsp3) is 0.125. The minimum Gasteiger partial charge on any atom is -0.399 e. The lowest BCUT2D eigenvalue weighted by molar-refractivity contribution is -0.137. The van der Waals surface area contributed by atoms with E-state index in [0.717, 1.165) is 17.5 Å². The summed E-state index contributed by atoms with van der Waals surface area (Å²) in [6.45, 7) is -0.170. The number of fused-ring (bicyclic) bond motifs is 1. The molecular weight excluding hydrogens is 357 g/mol. The largest absolute Gasteiger partial charge is 0.417 e. The van der Waals surface area contributed by atoms with Gasteiger partial charge in [0, 0.05) is 16.8 Å². The Balaban J connectivity index is 1.80. The number of hydrogen-bond donors (Lipinski definition) is 2. The number of alkyl halides is 3. The molecule has 0 aliphatic carbocycles. The van der Waals surface area contributed by atoms with Crippen LogP contribution >= 0.6 is 11.6 Å². The number of carbonyl (C=O) groups is 1. The van der Waals surface area contributed by atoms with Gasteiger partial charge >= 0.3 is 6.18 Å². The Hall–Kier alpha value is -2.74. The van der Waals surface area contributed by atoms with Gasteiger partial charge in [-0.1, -0.05) is 11.6 Å². The maximum atomic E-state index is 12.9. The number of benzene rings is 2. The number of nitrogen functional groups attached to an aromatic ring is 1. The highest BCUT2D eigenvalue weighted by Gasteiger charge is 2.33. The van der Waals surface area contributed by atoms with Crippen molar-refractivity contribution in [2.45, 2.75) is 12.7 Å². The van der Waals surface area contributed by atoms with Crippen molar-refractivity contribution in [2.24, 2.45) is 0 Å². The molecule has 0 saturated heterocycles. The molecule has 0 unspecified atom stereocenters. The van der Waals surface area contributed by atoms with E-state index in [1.54, 1.807) is 24.4 Å². The lowest BCUT2D eigenvalue weighted by Gasteiger charge is -2.12. The molecular formula is C16H12ClF3N4O. The molecule has 5 nitrogen and oxygen atoms in total. The lowest BCUT2D eigenvalue weighted by Crippen LogP contribution is -2.20. The van der Waals surface area contributed by atoms with Crippen LogP contribution in [0.2, 0.25) is 5.02 Å². The molecule has 1 heterocycles. The summed E-state index contributed by atoms with van der Waals surface area (Å²) < 4.78 is 40.0. The first-order valence-electron chi connectivity index (χ1n) is 7.12. The predicted octanol–water partition coefficient (Wildman–Crippen LogP) is 3.93. The molecule has 1 aromatic heterocycles. The topological polar surface area (TPSA) is 72.9 Å². The molecule has 1 amide bonds. The number of hydrogen-bond acceptors (Lipinski definition) is 3. The molecule has 0 bridgehead atoms. The molecule has 3 N–H and O–H groups in total. The van der Waals surface area contributed by atoms with Crippen molar-refractivity contribution in [3.05, 3.63) is 53.2 Å². The number of anilines is 2. The highest BCUT2D eigenvalue weighted by atomic mass is 35.5.